The normalized spacial score (nSPS) is 15.6. The molecule has 2 heteroatoms. The van der Waals surface area contributed by atoms with Gasteiger partial charge in [0.15, 0.2) is 0 Å². The van der Waals surface area contributed by atoms with Crippen molar-refractivity contribution < 1.29 is 0 Å². The summed E-state index contributed by atoms with van der Waals surface area (Å²) >= 11 is 0. The number of piperidine rings is 1. The molecule has 5 rings (SSSR count). The van der Waals surface area contributed by atoms with E-state index in [-0.39, 0.29) is 12.4 Å². The van der Waals surface area contributed by atoms with E-state index in [9.17, 15) is 0 Å². The van der Waals surface area contributed by atoms with E-state index in [0.717, 1.165) is 0 Å². The SMILES string of the molecule is C1=Cc2ccccc2C(=C2CCN(CCCc3ccccc3)CC2)c2ccccc21.Cl. The minimum absolute atomic E-state index is 0. The predicted octanol–water partition coefficient (Wildman–Crippen LogP) is 7.12. The van der Waals surface area contributed by atoms with Crippen LogP contribution in [0.4, 0.5) is 0 Å². The van der Waals surface area contributed by atoms with E-state index >= 15 is 0 Å². The van der Waals surface area contributed by atoms with Crippen LogP contribution in [0.3, 0.4) is 0 Å². The fourth-order valence-electron chi connectivity index (χ4n) is 4.89. The van der Waals surface area contributed by atoms with Gasteiger partial charge in [0.05, 0.1) is 0 Å². The van der Waals surface area contributed by atoms with Gasteiger partial charge in [0.25, 0.3) is 0 Å². The van der Waals surface area contributed by atoms with Crippen molar-refractivity contribution in [1.82, 2.24) is 4.90 Å². The van der Waals surface area contributed by atoms with E-state index in [4.69, 9.17) is 0 Å². The van der Waals surface area contributed by atoms with E-state index in [2.05, 4.69) is 95.9 Å². The lowest BCUT2D eigenvalue weighted by Crippen LogP contribution is -2.32. The third kappa shape index (κ3) is 4.84. The predicted molar refractivity (Wildman–Crippen MR) is 136 cm³/mol. The number of fused-ring (bicyclic) bond motifs is 2. The monoisotopic (exact) mass is 427 g/mol. The highest BCUT2D eigenvalue weighted by Gasteiger charge is 2.22. The second-order valence-corrected chi connectivity index (χ2v) is 8.42. The Bertz CT molecular complexity index is 1020. The molecule has 1 heterocycles. The van der Waals surface area contributed by atoms with Gasteiger partial charge in [-0.15, -0.1) is 12.4 Å². The average molecular weight is 428 g/mol. The van der Waals surface area contributed by atoms with Crippen molar-refractivity contribution in [3.8, 4) is 0 Å². The number of rotatable bonds is 4. The molecule has 3 aromatic carbocycles. The van der Waals surface area contributed by atoms with Crippen LogP contribution in [0.1, 0.15) is 47.1 Å². The molecule has 0 saturated carbocycles. The zero-order valence-electron chi connectivity index (χ0n) is 18.0. The second kappa shape index (κ2) is 10.1. The molecular formula is C29H30ClN. The van der Waals surface area contributed by atoms with Gasteiger partial charge in [-0.1, -0.05) is 96.6 Å². The lowest BCUT2D eigenvalue weighted by atomic mass is 9.86. The van der Waals surface area contributed by atoms with Gasteiger partial charge in [-0.05, 0) is 65.6 Å². The van der Waals surface area contributed by atoms with Crippen LogP contribution in [0.2, 0.25) is 0 Å². The maximum atomic E-state index is 2.65. The Kier molecular flexibility index (Phi) is 7.06. The number of aryl methyl sites for hydroxylation is 1. The Hall–Kier alpha value is -2.61. The summed E-state index contributed by atoms with van der Waals surface area (Å²) in [6, 6.07) is 28.6. The van der Waals surface area contributed by atoms with Gasteiger partial charge in [0, 0.05) is 13.1 Å². The molecule has 0 N–H and O–H groups in total. The molecule has 1 aliphatic heterocycles. The zero-order chi connectivity index (χ0) is 20.2. The summed E-state index contributed by atoms with van der Waals surface area (Å²) in [6.07, 6.45) is 9.32. The van der Waals surface area contributed by atoms with Gasteiger partial charge >= 0.3 is 0 Å². The maximum Gasteiger partial charge on any atom is 0.00190 e. The van der Waals surface area contributed by atoms with E-state index < -0.39 is 0 Å². The molecule has 31 heavy (non-hydrogen) atoms. The molecule has 1 nitrogen and oxygen atoms in total. The molecule has 1 aliphatic carbocycles. The summed E-state index contributed by atoms with van der Waals surface area (Å²) in [5.41, 5.74) is 10.0. The van der Waals surface area contributed by atoms with Crippen LogP contribution in [-0.4, -0.2) is 24.5 Å². The average Bonchev–Trinajstić information content (AvgIpc) is 2.97. The third-order valence-electron chi connectivity index (χ3n) is 6.50. The van der Waals surface area contributed by atoms with Crippen molar-refractivity contribution in [2.24, 2.45) is 0 Å². The summed E-state index contributed by atoms with van der Waals surface area (Å²) < 4.78 is 0. The summed E-state index contributed by atoms with van der Waals surface area (Å²) in [7, 11) is 0. The van der Waals surface area contributed by atoms with Crippen LogP contribution in [0.25, 0.3) is 17.7 Å². The standard InChI is InChI=1S/C29H29N.ClH/c1-2-9-23(10-3-1)11-8-20-30-21-18-26(19-22-30)29-27-14-6-4-12-24(27)16-17-25-13-5-7-15-28(25)29;/h1-7,9-10,12-17H,8,11,18-22H2;1H. The van der Waals surface area contributed by atoms with Crippen molar-refractivity contribution in [1.29, 1.82) is 0 Å². The van der Waals surface area contributed by atoms with E-state index in [1.165, 1.54) is 78.7 Å². The van der Waals surface area contributed by atoms with Gasteiger partial charge in [0.1, 0.15) is 0 Å². The van der Waals surface area contributed by atoms with Gasteiger partial charge in [0.2, 0.25) is 0 Å². The van der Waals surface area contributed by atoms with Gasteiger partial charge in [-0.2, -0.15) is 0 Å². The molecule has 0 amide bonds. The number of halogens is 1. The lowest BCUT2D eigenvalue weighted by Gasteiger charge is -2.30. The van der Waals surface area contributed by atoms with Gasteiger partial charge in [-0.3, -0.25) is 0 Å². The third-order valence-corrected chi connectivity index (χ3v) is 6.50. The van der Waals surface area contributed by atoms with Crippen LogP contribution >= 0.6 is 12.4 Å². The second-order valence-electron chi connectivity index (χ2n) is 8.42. The number of hydrogen-bond donors (Lipinski definition) is 0. The molecule has 0 spiro atoms. The van der Waals surface area contributed by atoms with Crippen molar-refractivity contribution >= 4 is 30.1 Å². The first kappa shape index (κ1) is 21.6. The smallest absolute Gasteiger partial charge is 0.00190 e. The van der Waals surface area contributed by atoms with Gasteiger partial charge in [-0.25, -0.2) is 0 Å². The number of nitrogens with zero attached hydrogens (tertiary/aromatic N) is 1. The molecule has 0 bridgehead atoms. The zero-order valence-corrected chi connectivity index (χ0v) is 18.8. The highest BCUT2D eigenvalue weighted by molar-refractivity contribution is 5.94. The van der Waals surface area contributed by atoms with Gasteiger partial charge < -0.3 is 4.90 Å². The van der Waals surface area contributed by atoms with E-state index in [0.29, 0.717) is 0 Å². The minimum atomic E-state index is 0. The van der Waals surface area contributed by atoms with Crippen LogP contribution in [0, 0.1) is 0 Å². The largest absolute Gasteiger partial charge is 0.303 e. The molecule has 3 aromatic rings. The first-order valence-corrected chi connectivity index (χ1v) is 11.2. The Morgan fingerprint density at radius 1 is 0.645 bits per heavy atom. The molecule has 0 aromatic heterocycles. The Morgan fingerprint density at radius 3 is 1.81 bits per heavy atom. The summed E-state index contributed by atoms with van der Waals surface area (Å²) in [4.78, 5) is 2.65. The summed E-state index contributed by atoms with van der Waals surface area (Å²) in [5.74, 6) is 0. The van der Waals surface area contributed by atoms with E-state index in [1.54, 1.807) is 5.57 Å². The maximum absolute atomic E-state index is 2.65. The molecule has 158 valence electrons. The fraction of sp³-hybridized carbons (Fsp3) is 0.241. The lowest BCUT2D eigenvalue weighted by molar-refractivity contribution is 0.254. The topological polar surface area (TPSA) is 3.24 Å². The first-order chi connectivity index (χ1) is 14.9. The van der Waals surface area contributed by atoms with Crippen LogP contribution in [-0.2, 0) is 6.42 Å². The Balaban J connectivity index is 0.00000231. The number of benzene rings is 3. The summed E-state index contributed by atoms with van der Waals surface area (Å²) in [5, 5.41) is 0. The molecule has 0 atom stereocenters. The molecular weight excluding hydrogens is 398 g/mol. The molecule has 1 fully saturated rings. The highest BCUT2D eigenvalue weighted by Crippen LogP contribution is 2.38. The molecule has 1 saturated heterocycles. The highest BCUT2D eigenvalue weighted by atomic mass is 35.5. The quantitative estimate of drug-likeness (QED) is 0.335. The van der Waals surface area contributed by atoms with Crippen LogP contribution in [0.15, 0.2) is 84.4 Å². The molecule has 0 unspecified atom stereocenters. The minimum Gasteiger partial charge on any atom is -0.303 e. The van der Waals surface area contributed by atoms with Crippen LogP contribution < -0.4 is 0 Å². The van der Waals surface area contributed by atoms with Crippen molar-refractivity contribution in [3.05, 3.63) is 112 Å². The van der Waals surface area contributed by atoms with E-state index in [1.807, 2.05) is 0 Å². The van der Waals surface area contributed by atoms with Crippen molar-refractivity contribution in [2.75, 3.05) is 19.6 Å². The Morgan fingerprint density at radius 2 is 1.19 bits per heavy atom. The molecule has 0 radical (unpaired) electrons. The van der Waals surface area contributed by atoms with Crippen LogP contribution in [0.5, 0.6) is 0 Å². The fourth-order valence-corrected chi connectivity index (χ4v) is 4.89. The van der Waals surface area contributed by atoms with Crippen molar-refractivity contribution in [2.45, 2.75) is 25.7 Å². The molecule has 2 aliphatic rings. The Labute approximate surface area is 192 Å². The number of hydrogen-bond acceptors (Lipinski definition) is 1. The first-order valence-electron chi connectivity index (χ1n) is 11.2. The number of likely N-dealkylation sites (tertiary alicyclic amines) is 1. The van der Waals surface area contributed by atoms with Crippen molar-refractivity contribution in [3.63, 3.8) is 0 Å². The summed E-state index contributed by atoms with van der Waals surface area (Å²) in [6.45, 7) is 3.54.